The standard InChI is InChI=1S/C14H19Cl2N3O4S2/c1-8(23-3)6-18-13-19(2)14(20,7-24-13)9-4-12(25(17,21)22)11(16)5-10(9)15/h4-5,8,20H,6-7H2,1-3H3,(H2,17,21,22). The maximum Gasteiger partial charge on any atom is 0.239 e. The topological polar surface area (TPSA) is 105 Å². The number of thioether (sulfide) groups is 1. The highest BCUT2D eigenvalue weighted by Gasteiger charge is 2.44. The number of rotatable bonds is 5. The first-order chi connectivity index (χ1) is 11.5. The molecule has 0 radical (unpaired) electrons. The zero-order chi connectivity index (χ0) is 19.0. The van der Waals surface area contributed by atoms with Crippen LogP contribution in [0.2, 0.25) is 10.0 Å². The molecule has 1 aliphatic rings. The number of sulfonamides is 1. The Bertz CT molecular complexity index is 804. The number of ether oxygens (including phenoxy) is 1. The number of primary sulfonamides is 1. The lowest BCUT2D eigenvalue weighted by atomic mass is 10.0. The summed E-state index contributed by atoms with van der Waals surface area (Å²) in [6.45, 7) is 2.31. The van der Waals surface area contributed by atoms with E-state index in [9.17, 15) is 13.5 Å². The number of amidine groups is 1. The molecule has 1 aromatic rings. The van der Waals surface area contributed by atoms with E-state index in [4.69, 9.17) is 33.1 Å². The van der Waals surface area contributed by atoms with Crippen LogP contribution in [-0.2, 0) is 20.5 Å². The van der Waals surface area contributed by atoms with Gasteiger partial charge in [-0.05, 0) is 19.1 Å². The molecule has 1 aromatic carbocycles. The highest BCUT2D eigenvalue weighted by Crippen LogP contribution is 2.42. The fourth-order valence-electron chi connectivity index (χ4n) is 2.26. The van der Waals surface area contributed by atoms with Gasteiger partial charge < -0.3 is 14.7 Å². The van der Waals surface area contributed by atoms with Crippen molar-refractivity contribution >= 4 is 50.2 Å². The van der Waals surface area contributed by atoms with E-state index in [-0.39, 0.29) is 32.4 Å². The van der Waals surface area contributed by atoms with Crippen LogP contribution < -0.4 is 5.14 Å². The van der Waals surface area contributed by atoms with Gasteiger partial charge in [0.15, 0.2) is 10.9 Å². The Morgan fingerprint density at radius 1 is 1.48 bits per heavy atom. The predicted octanol–water partition coefficient (Wildman–Crippen LogP) is 1.86. The molecule has 1 heterocycles. The number of benzene rings is 1. The Labute approximate surface area is 161 Å². The second kappa shape index (κ2) is 7.59. The van der Waals surface area contributed by atoms with Crippen LogP contribution in [0.25, 0.3) is 0 Å². The van der Waals surface area contributed by atoms with E-state index in [2.05, 4.69) is 4.99 Å². The minimum absolute atomic E-state index is 0.0664. The maximum atomic E-state index is 11.7. The molecule has 25 heavy (non-hydrogen) atoms. The predicted molar refractivity (Wildman–Crippen MR) is 101 cm³/mol. The third-order valence-corrected chi connectivity index (χ3v) is 6.79. The van der Waals surface area contributed by atoms with Crippen LogP contribution in [0.4, 0.5) is 0 Å². The van der Waals surface area contributed by atoms with Crippen molar-refractivity contribution in [3.63, 3.8) is 0 Å². The number of hydrogen-bond donors (Lipinski definition) is 2. The van der Waals surface area contributed by atoms with Crippen molar-refractivity contribution in [2.75, 3.05) is 26.5 Å². The molecule has 3 N–H and O–H groups in total. The summed E-state index contributed by atoms with van der Waals surface area (Å²) in [5, 5.41) is 16.9. The average molecular weight is 428 g/mol. The summed E-state index contributed by atoms with van der Waals surface area (Å²) >= 11 is 13.5. The molecule has 11 heteroatoms. The van der Waals surface area contributed by atoms with Crippen LogP contribution in [0.1, 0.15) is 12.5 Å². The maximum absolute atomic E-state index is 11.7. The molecule has 2 rings (SSSR count). The van der Waals surface area contributed by atoms with Gasteiger partial charge in [-0.1, -0.05) is 35.0 Å². The van der Waals surface area contributed by atoms with E-state index in [0.717, 1.165) is 0 Å². The quantitative estimate of drug-likeness (QED) is 0.742. The number of aliphatic hydroxyl groups is 1. The summed E-state index contributed by atoms with van der Waals surface area (Å²) < 4.78 is 28.6. The fourth-order valence-corrected chi connectivity index (χ4v) is 4.92. The fraction of sp³-hybridized carbons (Fsp3) is 0.500. The summed E-state index contributed by atoms with van der Waals surface area (Å²) in [4.78, 5) is 5.67. The van der Waals surface area contributed by atoms with E-state index in [1.165, 1.54) is 23.9 Å². The Hall–Kier alpha value is -0.550. The van der Waals surface area contributed by atoms with Crippen LogP contribution in [0, 0.1) is 0 Å². The number of hydrogen-bond acceptors (Lipinski definition) is 6. The normalized spacial score (nSPS) is 24.1. The second-order valence-corrected chi connectivity index (χ2v) is 8.93. The molecule has 0 aliphatic carbocycles. The number of nitrogens with zero attached hydrogens (tertiary/aromatic N) is 2. The van der Waals surface area contributed by atoms with Crippen molar-refractivity contribution in [3.05, 3.63) is 27.7 Å². The summed E-state index contributed by atoms with van der Waals surface area (Å²) in [6, 6.07) is 2.47. The molecule has 140 valence electrons. The summed E-state index contributed by atoms with van der Waals surface area (Å²) in [5.74, 6) is 0.217. The molecule has 1 saturated heterocycles. The molecule has 1 aliphatic heterocycles. The lowest BCUT2D eigenvalue weighted by molar-refractivity contribution is -0.0350. The number of nitrogens with two attached hydrogens (primary N) is 1. The molecule has 2 atom stereocenters. The summed E-state index contributed by atoms with van der Waals surface area (Å²) in [7, 11) is -0.816. The van der Waals surface area contributed by atoms with Crippen molar-refractivity contribution in [1.29, 1.82) is 0 Å². The van der Waals surface area contributed by atoms with Gasteiger partial charge in [0.25, 0.3) is 0 Å². The second-order valence-electron chi connectivity index (χ2n) is 5.64. The van der Waals surface area contributed by atoms with Gasteiger partial charge in [-0.25, -0.2) is 13.6 Å². The molecular formula is C14H19Cl2N3O4S2. The van der Waals surface area contributed by atoms with E-state index < -0.39 is 15.7 Å². The van der Waals surface area contributed by atoms with Crippen molar-refractivity contribution in [2.24, 2.45) is 10.1 Å². The van der Waals surface area contributed by atoms with E-state index in [0.29, 0.717) is 11.7 Å². The van der Waals surface area contributed by atoms with Gasteiger partial charge in [-0.2, -0.15) is 0 Å². The van der Waals surface area contributed by atoms with Gasteiger partial charge in [0.2, 0.25) is 10.0 Å². The summed E-state index contributed by atoms with van der Waals surface area (Å²) in [5.41, 5.74) is -1.34. The van der Waals surface area contributed by atoms with Crippen molar-refractivity contribution in [3.8, 4) is 0 Å². The first-order valence-electron chi connectivity index (χ1n) is 7.19. The molecular weight excluding hydrogens is 409 g/mol. The zero-order valence-electron chi connectivity index (χ0n) is 13.9. The van der Waals surface area contributed by atoms with Crippen LogP contribution in [-0.4, -0.2) is 56.2 Å². The van der Waals surface area contributed by atoms with Gasteiger partial charge in [0.05, 0.1) is 28.4 Å². The van der Waals surface area contributed by atoms with Crippen molar-refractivity contribution in [1.82, 2.24) is 4.90 Å². The van der Waals surface area contributed by atoms with Gasteiger partial charge in [-0.3, -0.25) is 4.99 Å². The smallest absolute Gasteiger partial charge is 0.239 e. The number of methoxy groups -OCH3 is 1. The highest BCUT2D eigenvalue weighted by atomic mass is 35.5. The molecule has 0 spiro atoms. The third-order valence-electron chi connectivity index (χ3n) is 3.89. The Balaban J connectivity index is 2.45. The van der Waals surface area contributed by atoms with Crippen molar-refractivity contribution in [2.45, 2.75) is 23.6 Å². The monoisotopic (exact) mass is 427 g/mol. The van der Waals surface area contributed by atoms with Crippen LogP contribution in [0.15, 0.2) is 22.0 Å². The van der Waals surface area contributed by atoms with E-state index in [1.54, 1.807) is 19.1 Å². The van der Waals surface area contributed by atoms with Crippen LogP contribution >= 0.6 is 35.0 Å². The van der Waals surface area contributed by atoms with Gasteiger partial charge >= 0.3 is 0 Å². The third kappa shape index (κ3) is 4.24. The highest BCUT2D eigenvalue weighted by molar-refractivity contribution is 8.14. The zero-order valence-corrected chi connectivity index (χ0v) is 17.0. The minimum atomic E-state index is -4.06. The molecule has 0 saturated carbocycles. The van der Waals surface area contributed by atoms with E-state index in [1.807, 2.05) is 6.92 Å². The molecule has 1 fully saturated rings. The van der Waals surface area contributed by atoms with Crippen LogP contribution in [0.5, 0.6) is 0 Å². The Morgan fingerprint density at radius 3 is 2.68 bits per heavy atom. The van der Waals surface area contributed by atoms with Crippen LogP contribution in [0.3, 0.4) is 0 Å². The lowest BCUT2D eigenvalue weighted by Crippen LogP contribution is -2.42. The summed E-state index contributed by atoms with van der Waals surface area (Å²) in [6.07, 6.45) is -0.0664. The first kappa shape index (κ1) is 20.8. The molecule has 0 aromatic heterocycles. The SMILES string of the molecule is COC(C)CN=C1SCC(O)(c2cc(S(N)(=O)=O)c(Cl)cc2Cl)N1C. The molecule has 7 nitrogen and oxygen atoms in total. The Kier molecular flexibility index (Phi) is 6.31. The van der Waals surface area contributed by atoms with E-state index >= 15 is 0 Å². The molecule has 2 unspecified atom stereocenters. The molecule has 0 bridgehead atoms. The van der Waals surface area contributed by atoms with Gasteiger partial charge in [0.1, 0.15) is 4.90 Å². The molecule has 0 amide bonds. The lowest BCUT2D eigenvalue weighted by Gasteiger charge is -2.32. The van der Waals surface area contributed by atoms with Crippen molar-refractivity contribution < 1.29 is 18.3 Å². The first-order valence-corrected chi connectivity index (χ1v) is 10.5. The van der Waals surface area contributed by atoms with Gasteiger partial charge in [-0.15, -0.1) is 0 Å². The average Bonchev–Trinajstić information content (AvgIpc) is 2.80. The minimum Gasteiger partial charge on any atom is -0.380 e. The van der Waals surface area contributed by atoms with Gasteiger partial charge in [0, 0.05) is 19.7 Å². The largest absolute Gasteiger partial charge is 0.380 e. The Morgan fingerprint density at radius 2 is 2.12 bits per heavy atom. The number of halogens is 2. The number of aliphatic imine (C=N–C) groups is 1.